The zero-order valence-corrected chi connectivity index (χ0v) is 14.7. The van der Waals surface area contributed by atoms with Gasteiger partial charge in [-0.05, 0) is 6.07 Å². The lowest BCUT2D eigenvalue weighted by Crippen LogP contribution is -2.40. The molecule has 1 aromatic rings. The number of carbonyl (C=O) groups is 3. The van der Waals surface area contributed by atoms with Crippen molar-refractivity contribution in [2.75, 3.05) is 31.8 Å². The van der Waals surface area contributed by atoms with Crippen molar-refractivity contribution in [3.05, 3.63) is 29.8 Å². The molecule has 1 heterocycles. The Kier molecular flexibility index (Phi) is 7.26. The first-order valence-electron chi connectivity index (χ1n) is 7.22. The van der Waals surface area contributed by atoms with Gasteiger partial charge >= 0.3 is 12.0 Å². The van der Waals surface area contributed by atoms with Crippen LogP contribution in [0.1, 0.15) is 10.1 Å². The van der Waals surface area contributed by atoms with Crippen molar-refractivity contribution < 1.29 is 23.9 Å². The van der Waals surface area contributed by atoms with Crippen molar-refractivity contribution in [2.45, 2.75) is 4.58 Å². The first kappa shape index (κ1) is 18.5. The van der Waals surface area contributed by atoms with E-state index in [2.05, 4.69) is 5.32 Å². The minimum Gasteiger partial charge on any atom is -0.482 e. The van der Waals surface area contributed by atoms with E-state index in [1.165, 1.54) is 7.05 Å². The van der Waals surface area contributed by atoms with Crippen molar-refractivity contribution in [1.29, 1.82) is 0 Å². The molecule has 2 rings (SSSR count). The van der Waals surface area contributed by atoms with E-state index in [0.717, 1.165) is 17.1 Å². The molecule has 1 aliphatic rings. The number of hydrogen-bond acceptors (Lipinski definition) is 7. The van der Waals surface area contributed by atoms with E-state index in [4.69, 9.17) is 9.47 Å². The summed E-state index contributed by atoms with van der Waals surface area (Å²) in [5, 5.41) is 4.22. The molecule has 0 aliphatic carbocycles. The quantitative estimate of drug-likeness (QED) is 0.734. The molecule has 7 nitrogen and oxygen atoms in total. The molecule has 9 heteroatoms. The minimum absolute atomic E-state index is 0.299. The lowest BCUT2D eigenvalue weighted by molar-refractivity contribution is -0.150. The molecular formula is C15H18N2O5S2. The van der Waals surface area contributed by atoms with Gasteiger partial charge in [0.2, 0.25) is 0 Å². The number of nitrogens with one attached hydrogen (secondary N) is 2. The summed E-state index contributed by atoms with van der Waals surface area (Å²) in [5.74, 6) is 1.43. The number of urea groups is 1. The minimum atomic E-state index is -0.707. The largest absolute Gasteiger partial charge is 0.482 e. The molecule has 2 N–H and O–H groups in total. The smallest absolute Gasteiger partial charge is 0.344 e. The summed E-state index contributed by atoms with van der Waals surface area (Å²) in [6, 6.07) is 6.90. The molecule has 0 spiro atoms. The highest BCUT2D eigenvalue weighted by molar-refractivity contribution is 8.19. The van der Waals surface area contributed by atoms with Gasteiger partial charge in [0.15, 0.2) is 13.2 Å². The summed E-state index contributed by atoms with van der Waals surface area (Å²) in [7, 11) is 1.38. The topological polar surface area (TPSA) is 93.7 Å². The number of amides is 3. The van der Waals surface area contributed by atoms with Crippen LogP contribution in [0.2, 0.25) is 0 Å². The third-order valence-corrected chi connectivity index (χ3v) is 6.05. The molecule has 3 amide bonds. The van der Waals surface area contributed by atoms with Gasteiger partial charge in [-0.3, -0.25) is 10.1 Å². The average molecular weight is 370 g/mol. The summed E-state index contributed by atoms with van der Waals surface area (Å²) >= 11 is 3.68. The number of thioether (sulfide) groups is 2. The van der Waals surface area contributed by atoms with E-state index in [-0.39, 0.29) is 6.61 Å². The standard InChI is InChI=1S/C15H18N2O5S2/c1-16-15(20)17-12(18)8-22-13(19)9-21-11-5-3-2-4-10(11)14-23-6-7-24-14/h2-5,14H,6-9H2,1H3,(H2,16,17,18,20). The zero-order chi connectivity index (χ0) is 17.4. The molecule has 0 atom stereocenters. The first-order chi connectivity index (χ1) is 11.6. The van der Waals surface area contributed by atoms with Gasteiger partial charge < -0.3 is 14.8 Å². The second kappa shape index (κ2) is 9.43. The Hall–Kier alpha value is -1.87. The van der Waals surface area contributed by atoms with Gasteiger partial charge in [-0.15, -0.1) is 23.5 Å². The number of esters is 1. The SMILES string of the molecule is CNC(=O)NC(=O)COC(=O)COc1ccccc1C1SCCS1. The maximum Gasteiger partial charge on any atom is 0.344 e. The predicted molar refractivity (Wildman–Crippen MR) is 93.2 cm³/mol. The van der Waals surface area contributed by atoms with Gasteiger partial charge in [-0.25, -0.2) is 9.59 Å². The van der Waals surface area contributed by atoms with Crippen LogP contribution >= 0.6 is 23.5 Å². The summed E-state index contributed by atoms with van der Waals surface area (Å²) in [5.41, 5.74) is 1.04. The van der Waals surface area contributed by atoms with E-state index < -0.39 is 24.5 Å². The molecule has 0 radical (unpaired) electrons. The van der Waals surface area contributed by atoms with Crippen molar-refractivity contribution in [2.24, 2.45) is 0 Å². The molecule has 24 heavy (non-hydrogen) atoms. The Morgan fingerprint density at radius 3 is 2.58 bits per heavy atom. The Bertz CT molecular complexity index is 605. The molecule has 130 valence electrons. The predicted octanol–water partition coefficient (Wildman–Crippen LogP) is 1.54. The van der Waals surface area contributed by atoms with E-state index in [1.807, 2.05) is 47.0 Å². The van der Waals surface area contributed by atoms with Crippen LogP contribution in [0.4, 0.5) is 4.79 Å². The normalized spacial score (nSPS) is 14.0. The maximum atomic E-state index is 11.7. The summed E-state index contributed by atoms with van der Waals surface area (Å²) in [4.78, 5) is 33.9. The van der Waals surface area contributed by atoms with Gasteiger partial charge in [-0.1, -0.05) is 18.2 Å². The second-order valence-corrected chi connectivity index (χ2v) is 7.41. The highest BCUT2D eigenvalue weighted by Crippen LogP contribution is 2.48. The van der Waals surface area contributed by atoms with Gasteiger partial charge in [0.1, 0.15) is 5.75 Å². The van der Waals surface area contributed by atoms with Crippen LogP contribution in [0, 0.1) is 0 Å². The molecule has 0 aromatic heterocycles. The molecule has 1 saturated heterocycles. The van der Waals surface area contributed by atoms with Crippen LogP contribution in [0.15, 0.2) is 24.3 Å². The summed E-state index contributed by atoms with van der Waals surface area (Å²) < 4.78 is 10.6. The van der Waals surface area contributed by atoms with E-state index in [0.29, 0.717) is 10.3 Å². The van der Waals surface area contributed by atoms with E-state index >= 15 is 0 Å². The fourth-order valence-corrected chi connectivity index (χ4v) is 4.80. The third kappa shape index (κ3) is 5.64. The van der Waals surface area contributed by atoms with Crippen molar-refractivity contribution in [3.63, 3.8) is 0 Å². The summed E-state index contributed by atoms with van der Waals surface area (Å²) in [6.45, 7) is -0.835. The number of para-hydroxylation sites is 1. The monoisotopic (exact) mass is 370 g/mol. The van der Waals surface area contributed by atoms with Crippen LogP contribution < -0.4 is 15.4 Å². The van der Waals surface area contributed by atoms with Gasteiger partial charge in [0.05, 0.1) is 4.58 Å². The van der Waals surface area contributed by atoms with Crippen LogP contribution in [0.25, 0.3) is 0 Å². The zero-order valence-electron chi connectivity index (χ0n) is 13.1. The maximum absolute atomic E-state index is 11.7. The molecule has 1 fully saturated rings. The van der Waals surface area contributed by atoms with E-state index in [1.54, 1.807) is 6.07 Å². The van der Waals surface area contributed by atoms with Gasteiger partial charge in [-0.2, -0.15) is 0 Å². The van der Waals surface area contributed by atoms with Crippen LogP contribution in [-0.4, -0.2) is 49.7 Å². The van der Waals surface area contributed by atoms with Crippen molar-refractivity contribution in [3.8, 4) is 5.75 Å². The molecule has 0 saturated carbocycles. The number of hydrogen-bond donors (Lipinski definition) is 2. The molecule has 0 unspecified atom stereocenters. The highest BCUT2D eigenvalue weighted by atomic mass is 32.2. The second-order valence-electron chi connectivity index (χ2n) is 4.69. The highest BCUT2D eigenvalue weighted by Gasteiger charge is 2.22. The number of carbonyl (C=O) groups excluding carboxylic acids is 3. The van der Waals surface area contributed by atoms with Crippen molar-refractivity contribution in [1.82, 2.24) is 10.6 Å². The molecule has 1 aromatic carbocycles. The molecular weight excluding hydrogens is 352 g/mol. The lowest BCUT2D eigenvalue weighted by Gasteiger charge is -2.14. The van der Waals surface area contributed by atoms with E-state index in [9.17, 15) is 14.4 Å². The number of rotatable bonds is 6. The fourth-order valence-electron chi connectivity index (χ4n) is 1.89. The Morgan fingerprint density at radius 2 is 1.88 bits per heavy atom. The van der Waals surface area contributed by atoms with Crippen LogP contribution in [-0.2, 0) is 14.3 Å². The number of ether oxygens (including phenoxy) is 2. The fraction of sp³-hybridized carbons (Fsp3) is 0.400. The first-order valence-corrected chi connectivity index (χ1v) is 9.32. The number of benzene rings is 1. The Morgan fingerprint density at radius 1 is 1.17 bits per heavy atom. The average Bonchev–Trinajstić information content (AvgIpc) is 3.12. The van der Waals surface area contributed by atoms with Crippen LogP contribution in [0.3, 0.4) is 0 Å². The van der Waals surface area contributed by atoms with Crippen molar-refractivity contribution >= 4 is 41.4 Å². The molecule has 0 bridgehead atoms. The Labute approximate surface area is 148 Å². The van der Waals surface area contributed by atoms with Gasteiger partial charge in [0, 0.05) is 24.1 Å². The number of imide groups is 1. The van der Waals surface area contributed by atoms with Crippen LogP contribution in [0.5, 0.6) is 5.75 Å². The summed E-state index contributed by atoms with van der Waals surface area (Å²) in [6.07, 6.45) is 0. The lowest BCUT2D eigenvalue weighted by atomic mass is 10.2. The molecule has 1 aliphatic heterocycles. The Balaban J connectivity index is 1.80. The van der Waals surface area contributed by atoms with Gasteiger partial charge in [0.25, 0.3) is 5.91 Å². The third-order valence-electron chi connectivity index (χ3n) is 2.98.